The lowest BCUT2D eigenvalue weighted by Crippen LogP contribution is -2.34. The molecule has 0 bridgehead atoms. The number of methoxy groups -OCH3 is 1. The van der Waals surface area contributed by atoms with E-state index in [2.05, 4.69) is 27.9 Å². The van der Waals surface area contributed by atoms with E-state index in [-0.39, 0.29) is 11.9 Å². The minimum atomic E-state index is 0.0654. The fourth-order valence-electron chi connectivity index (χ4n) is 1.52. The third-order valence-electron chi connectivity index (χ3n) is 2.42. The summed E-state index contributed by atoms with van der Waals surface area (Å²) in [6, 6.07) is 8.15. The molecule has 4 heteroatoms. The zero-order valence-corrected chi connectivity index (χ0v) is 12.4. The van der Waals surface area contributed by atoms with E-state index in [9.17, 15) is 4.79 Å². The van der Waals surface area contributed by atoms with Gasteiger partial charge in [-0.2, -0.15) is 0 Å². The maximum absolute atomic E-state index is 11.7. The summed E-state index contributed by atoms with van der Waals surface area (Å²) in [4.78, 5) is 11.7. The van der Waals surface area contributed by atoms with Gasteiger partial charge < -0.3 is 10.1 Å². The van der Waals surface area contributed by atoms with E-state index in [1.54, 1.807) is 7.11 Å². The van der Waals surface area contributed by atoms with E-state index in [0.717, 1.165) is 15.6 Å². The first-order chi connectivity index (χ1) is 8.11. The van der Waals surface area contributed by atoms with Crippen molar-refractivity contribution in [1.82, 2.24) is 5.32 Å². The van der Waals surface area contributed by atoms with Crippen molar-refractivity contribution in [1.29, 1.82) is 0 Å². The second kappa shape index (κ2) is 7.66. The molecule has 0 fully saturated rings. The van der Waals surface area contributed by atoms with Crippen molar-refractivity contribution in [2.24, 2.45) is 0 Å². The van der Waals surface area contributed by atoms with E-state index >= 15 is 0 Å². The van der Waals surface area contributed by atoms with Crippen molar-refractivity contribution in [3.8, 4) is 0 Å². The Balaban J connectivity index is 2.39. The van der Waals surface area contributed by atoms with Gasteiger partial charge in [-0.15, -0.1) is 0 Å². The third kappa shape index (κ3) is 6.02. The van der Waals surface area contributed by atoms with Gasteiger partial charge in [-0.3, -0.25) is 4.79 Å². The van der Waals surface area contributed by atoms with Gasteiger partial charge in [0.05, 0.1) is 6.42 Å². The first kappa shape index (κ1) is 14.4. The monoisotopic (exact) mass is 347 g/mol. The first-order valence-corrected chi connectivity index (χ1v) is 6.72. The van der Waals surface area contributed by atoms with Crippen LogP contribution in [-0.2, 0) is 16.0 Å². The van der Waals surface area contributed by atoms with Crippen LogP contribution in [0.2, 0.25) is 0 Å². The molecule has 0 aliphatic heterocycles. The highest BCUT2D eigenvalue weighted by Crippen LogP contribution is 2.08. The Bertz CT molecular complexity index is 368. The molecule has 0 aromatic heterocycles. The van der Waals surface area contributed by atoms with E-state index < -0.39 is 0 Å². The molecule has 0 saturated heterocycles. The van der Waals surface area contributed by atoms with Crippen LogP contribution in [0.5, 0.6) is 0 Å². The number of hydrogen-bond donors (Lipinski definition) is 1. The van der Waals surface area contributed by atoms with E-state index in [1.807, 2.05) is 31.2 Å². The molecule has 3 nitrogen and oxygen atoms in total. The summed E-state index contributed by atoms with van der Waals surface area (Å²) in [6.45, 7) is 2.66. The minimum Gasteiger partial charge on any atom is -0.385 e. The summed E-state index contributed by atoms with van der Waals surface area (Å²) in [7, 11) is 1.67. The number of hydrogen-bond acceptors (Lipinski definition) is 2. The summed E-state index contributed by atoms with van der Waals surface area (Å²) in [5, 5.41) is 2.96. The molecule has 0 spiro atoms. The van der Waals surface area contributed by atoms with Crippen molar-refractivity contribution >= 4 is 28.5 Å². The second-order valence-corrected chi connectivity index (χ2v) is 5.30. The van der Waals surface area contributed by atoms with Crippen LogP contribution in [0.25, 0.3) is 0 Å². The standard InChI is InChI=1S/C13H18INO2/c1-10(6-7-17-2)15-13(16)9-11-4-3-5-12(14)8-11/h3-5,8,10H,6-7,9H2,1-2H3,(H,15,16)/t10-/m0/s1. The predicted molar refractivity (Wildman–Crippen MR) is 77.0 cm³/mol. The molecule has 94 valence electrons. The van der Waals surface area contributed by atoms with Gasteiger partial charge in [0.1, 0.15) is 0 Å². The van der Waals surface area contributed by atoms with Crippen LogP contribution < -0.4 is 5.32 Å². The molecule has 1 atom stereocenters. The Kier molecular flexibility index (Phi) is 6.50. The Morgan fingerprint density at radius 2 is 2.29 bits per heavy atom. The lowest BCUT2D eigenvalue weighted by molar-refractivity contribution is -0.121. The second-order valence-electron chi connectivity index (χ2n) is 4.06. The van der Waals surface area contributed by atoms with Crippen LogP contribution in [0.3, 0.4) is 0 Å². The summed E-state index contributed by atoms with van der Waals surface area (Å²) in [5.41, 5.74) is 1.05. The zero-order chi connectivity index (χ0) is 12.7. The van der Waals surface area contributed by atoms with E-state index in [4.69, 9.17) is 4.74 Å². The highest BCUT2D eigenvalue weighted by Gasteiger charge is 2.07. The summed E-state index contributed by atoms with van der Waals surface area (Å²) >= 11 is 2.25. The van der Waals surface area contributed by atoms with Gasteiger partial charge in [0.25, 0.3) is 0 Å². The van der Waals surface area contributed by atoms with Gasteiger partial charge in [0.15, 0.2) is 0 Å². The van der Waals surface area contributed by atoms with Gasteiger partial charge >= 0.3 is 0 Å². The number of amides is 1. The van der Waals surface area contributed by atoms with Gasteiger partial charge in [-0.25, -0.2) is 0 Å². The van der Waals surface area contributed by atoms with Crippen molar-refractivity contribution in [2.75, 3.05) is 13.7 Å². The van der Waals surface area contributed by atoms with E-state index in [0.29, 0.717) is 13.0 Å². The van der Waals surface area contributed by atoms with Crippen molar-refractivity contribution in [2.45, 2.75) is 25.8 Å². The number of rotatable bonds is 6. The number of carbonyl (C=O) groups excluding carboxylic acids is 1. The average molecular weight is 347 g/mol. The average Bonchev–Trinajstić information content (AvgIpc) is 2.26. The SMILES string of the molecule is COCC[C@H](C)NC(=O)Cc1cccc(I)c1. The van der Waals surface area contributed by atoms with Crippen LogP contribution in [0, 0.1) is 3.57 Å². The molecule has 0 unspecified atom stereocenters. The van der Waals surface area contributed by atoms with E-state index in [1.165, 1.54) is 0 Å². The molecular formula is C13H18INO2. The van der Waals surface area contributed by atoms with Crippen LogP contribution in [0.15, 0.2) is 24.3 Å². The number of carbonyl (C=O) groups is 1. The normalized spacial score (nSPS) is 12.2. The van der Waals surface area contributed by atoms with Crippen LogP contribution in [0.1, 0.15) is 18.9 Å². The molecule has 0 saturated carbocycles. The van der Waals surface area contributed by atoms with Crippen LogP contribution in [0.4, 0.5) is 0 Å². The maximum Gasteiger partial charge on any atom is 0.224 e. The molecule has 1 aromatic rings. The van der Waals surface area contributed by atoms with Crippen molar-refractivity contribution in [3.05, 3.63) is 33.4 Å². The summed E-state index contributed by atoms with van der Waals surface area (Å²) < 4.78 is 6.13. The molecule has 1 rings (SSSR count). The van der Waals surface area contributed by atoms with Gasteiger partial charge in [0.2, 0.25) is 5.91 Å². The van der Waals surface area contributed by atoms with Crippen molar-refractivity contribution in [3.63, 3.8) is 0 Å². The lowest BCUT2D eigenvalue weighted by Gasteiger charge is -2.13. The summed E-state index contributed by atoms with van der Waals surface area (Å²) in [5.74, 6) is 0.0654. The van der Waals surface area contributed by atoms with Crippen molar-refractivity contribution < 1.29 is 9.53 Å². The molecular weight excluding hydrogens is 329 g/mol. The van der Waals surface area contributed by atoms with Gasteiger partial charge in [-0.05, 0) is 53.6 Å². The lowest BCUT2D eigenvalue weighted by atomic mass is 10.1. The zero-order valence-electron chi connectivity index (χ0n) is 10.2. The molecule has 1 N–H and O–H groups in total. The minimum absolute atomic E-state index is 0.0654. The largest absolute Gasteiger partial charge is 0.385 e. The highest BCUT2D eigenvalue weighted by molar-refractivity contribution is 14.1. The molecule has 1 aromatic carbocycles. The summed E-state index contributed by atoms with van der Waals surface area (Å²) in [6.07, 6.45) is 1.28. The Morgan fingerprint density at radius 1 is 1.53 bits per heavy atom. The van der Waals surface area contributed by atoms with Crippen LogP contribution in [-0.4, -0.2) is 25.7 Å². The quantitative estimate of drug-likeness (QED) is 0.803. The fraction of sp³-hybridized carbons (Fsp3) is 0.462. The number of halogens is 1. The molecule has 1 amide bonds. The van der Waals surface area contributed by atoms with Gasteiger partial charge in [0, 0.05) is 23.3 Å². The Labute approximate surface area is 116 Å². The third-order valence-corrected chi connectivity index (χ3v) is 3.09. The highest BCUT2D eigenvalue weighted by atomic mass is 127. The van der Waals surface area contributed by atoms with Gasteiger partial charge in [-0.1, -0.05) is 12.1 Å². The molecule has 0 radical (unpaired) electrons. The number of ether oxygens (including phenoxy) is 1. The molecule has 0 heterocycles. The number of nitrogens with one attached hydrogen (secondary N) is 1. The smallest absolute Gasteiger partial charge is 0.224 e. The molecule has 17 heavy (non-hydrogen) atoms. The molecule has 0 aliphatic carbocycles. The van der Waals surface area contributed by atoms with Crippen LogP contribution >= 0.6 is 22.6 Å². The predicted octanol–water partition coefficient (Wildman–Crippen LogP) is 2.37. The Morgan fingerprint density at radius 3 is 2.94 bits per heavy atom. The molecule has 0 aliphatic rings. The Hall–Kier alpha value is -0.620. The number of benzene rings is 1. The maximum atomic E-state index is 11.7. The topological polar surface area (TPSA) is 38.3 Å². The first-order valence-electron chi connectivity index (χ1n) is 5.64. The fourth-order valence-corrected chi connectivity index (χ4v) is 2.13.